The molecule has 1 amide bonds. The number of likely N-dealkylation sites (tertiary alicyclic amines) is 1. The molecule has 0 bridgehead atoms. The summed E-state index contributed by atoms with van der Waals surface area (Å²) in [4.78, 5) is 43.2. The van der Waals surface area contributed by atoms with E-state index in [-0.39, 0.29) is 22.9 Å². The molecule has 0 unspecified atom stereocenters. The largest absolute Gasteiger partial charge is 0.342 e. The van der Waals surface area contributed by atoms with Crippen molar-refractivity contribution in [3.8, 4) is 0 Å². The van der Waals surface area contributed by atoms with Crippen LogP contribution < -0.4 is 0 Å². The molecule has 1 saturated heterocycles. The molecule has 2 aliphatic rings. The lowest BCUT2D eigenvalue weighted by Crippen LogP contribution is -2.40. The van der Waals surface area contributed by atoms with Crippen LogP contribution in [0.3, 0.4) is 0 Å². The monoisotopic (exact) mass is 382 g/mol. The van der Waals surface area contributed by atoms with E-state index in [0.717, 1.165) is 31.5 Å². The van der Waals surface area contributed by atoms with Crippen LogP contribution in [0.15, 0.2) is 35.3 Å². The number of carbonyl (C=O) groups is 3. The number of hydrogen-bond donors (Lipinski definition) is 0. The van der Waals surface area contributed by atoms with E-state index in [4.69, 9.17) is 0 Å². The van der Waals surface area contributed by atoms with Crippen molar-refractivity contribution in [2.75, 3.05) is 19.6 Å². The predicted octanol–water partition coefficient (Wildman–Crippen LogP) is 3.11. The highest BCUT2D eigenvalue weighted by Gasteiger charge is 2.38. The molecule has 0 radical (unpaired) electrons. The standard InChI is InChI=1S/C23H30N2O3/c1-23(2)13-20(26)19(21(27)14-23)16-24-15-18-8-10-25(11-9-18)22(28)12-17-6-4-3-5-7-17/h3-7,16,18-19H,8-15H2,1-2H3. The fraction of sp³-hybridized carbons (Fsp3) is 0.565. The highest BCUT2D eigenvalue weighted by atomic mass is 16.2. The number of hydrogen-bond acceptors (Lipinski definition) is 4. The topological polar surface area (TPSA) is 66.8 Å². The van der Waals surface area contributed by atoms with E-state index in [1.54, 1.807) is 6.21 Å². The van der Waals surface area contributed by atoms with Crippen LogP contribution in [0.25, 0.3) is 0 Å². The van der Waals surface area contributed by atoms with Gasteiger partial charge in [-0.05, 0) is 29.7 Å². The first-order valence-corrected chi connectivity index (χ1v) is 10.2. The molecule has 1 heterocycles. The average molecular weight is 383 g/mol. The van der Waals surface area contributed by atoms with Crippen LogP contribution in [0.1, 0.15) is 45.1 Å². The van der Waals surface area contributed by atoms with Gasteiger partial charge in [0, 0.05) is 38.7 Å². The quantitative estimate of drug-likeness (QED) is 0.580. The Bertz CT molecular complexity index is 726. The molecule has 1 aliphatic heterocycles. The molecule has 2 fully saturated rings. The minimum Gasteiger partial charge on any atom is -0.342 e. The highest BCUT2D eigenvalue weighted by Crippen LogP contribution is 2.33. The number of Topliss-reactive ketones (excluding diaryl/α,β-unsaturated/α-hetero) is 2. The van der Waals surface area contributed by atoms with Gasteiger partial charge >= 0.3 is 0 Å². The van der Waals surface area contributed by atoms with Crippen LogP contribution in [-0.4, -0.2) is 48.2 Å². The maximum atomic E-state index is 12.4. The molecule has 1 saturated carbocycles. The molecule has 28 heavy (non-hydrogen) atoms. The van der Waals surface area contributed by atoms with Crippen molar-refractivity contribution < 1.29 is 14.4 Å². The van der Waals surface area contributed by atoms with Crippen molar-refractivity contribution in [2.24, 2.45) is 22.2 Å². The van der Waals surface area contributed by atoms with Crippen molar-refractivity contribution >= 4 is 23.7 Å². The van der Waals surface area contributed by atoms with Gasteiger partial charge in [0.1, 0.15) is 17.5 Å². The Kier molecular flexibility index (Phi) is 6.42. The minimum absolute atomic E-state index is 0.00803. The zero-order chi connectivity index (χ0) is 20.1. The van der Waals surface area contributed by atoms with Gasteiger partial charge in [-0.25, -0.2) is 0 Å². The second-order valence-electron chi connectivity index (χ2n) is 8.93. The van der Waals surface area contributed by atoms with Crippen molar-refractivity contribution in [1.29, 1.82) is 0 Å². The third-order valence-electron chi connectivity index (χ3n) is 5.78. The number of rotatable bonds is 5. The lowest BCUT2D eigenvalue weighted by Gasteiger charge is -2.32. The van der Waals surface area contributed by atoms with Crippen LogP contribution in [0.2, 0.25) is 0 Å². The Labute approximate surface area is 167 Å². The van der Waals surface area contributed by atoms with E-state index in [0.29, 0.717) is 31.7 Å². The summed E-state index contributed by atoms with van der Waals surface area (Å²) in [5.74, 6) is -0.0883. The van der Waals surface area contributed by atoms with Crippen molar-refractivity contribution in [3.63, 3.8) is 0 Å². The fourth-order valence-corrected chi connectivity index (χ4v) is 4.13. The van der Waals surface area contributed by atoms with E-state index >= 15 is 0 Å². The van der Waals surface area contributed by atoms with Gasteiger partial charge in [-0.15, -0.1) is 0 Å². The van der Waals surface area contributed by atoms with E-state index in [2.05, 4.69) is 4.99 Å². The first-order chi connectivity index (χ1) is 13.3. The maximum absolute atomic E-state index is 12.4. The molecule has 1 aromatic carbocycles. The zero-order valence-corrected chi connectivity index (χ0v) is 16.9. The summed E-state index contributed by atoms with van der Waals surface area (Å²) in [6.45, 7) is 6.05. The molecule has 150 valence electrons. The SMILES string of the molecule is CC1(C)CC(=O)C(C=NCC2CCN(C(=O)Cc3ccccc3)CC2)C(=O)C1. The molecule has 5 heteroatoms. The Morgan fingerprint density at radius 2 is 1.71 bits per heavy atom. The number of ketones is 2. The normalized spacial score (nSPS) is 21.4. The Hall–Kier alpha value is -2.30. The van der Waals surface area contributed by atoms with Gasteiger partial charge in [-0.3, -0.25) is 19.4 Å². The summed E-state index contributed by atoms with van der Waals surface area (Å²) < 4.78 is 0. The number of piperidine rings is 1. The van der Waals surface area contributed by atoms with Crippen molar-refractivity contribution in [1.82, 2.24) is 4.90 Å². The predicted molar refractivity (Wildman–Crippen MR) is 109 cm³/mol. The number of carbonyl (C=O) groups excluding carboxylic acids is 3. The zero-order valence-electron chi connectivity index (χ0n) is 16.9. The summed E-state index contributed by atoms with van der Waals surface area (Å²) in [6, 6.07) is 9.82. The van der Waals surface area contributed by atoms with Gasteiger partial charge in [-0.2, -0.15) is 0 Å². The second kappa shape index (κ2) is 8.80. The Morgan fingerprint density at radius 3 is 2.32 bits per heavy atom. The Morgan fingerprint density at radius 1 is 1.11 bits per heavy atom. The summed E-state index contributed by atoms with van der Waals surface area (Å²) in [6.07, 6.45) is 4.74. The molecule has 1 aliphatic carbocycles. The summed E-state index contributed by atoms with van der Waals surface area (Å²) in [5.41, 5.74) is 0.821. The summed E-state index contributed by atoms with van der Waals surface area (Å²) in [7, 11) is 0. The molecular weight excluding hydrogens is 352 g/mol. The van der Waals surface area contributed by atoms with Crippen molar-refractivity contribution in [3.05, 3.63) is 35.9 Å². The fourth-order valence-electron chi connectivity index (χ4n) is 4.13. The van der Waals surface area contributed by atoms with E-state index in [1.807, 2.05) is 49.1 Å². The first kappa shape index (κ1) is 20.4. The number of benzene rings is 1. The third-order valence-corrected chi connectivity index (χ3v) is 5.78. The van der Waals surface area contributed by atoms with Crippen LogP contribution in [0, 0.1) is 17.3 Å². The number of nitrogens with zero attached hydrogens (tertiary/aromatic N) is 2. The van der Waals surface area contributed by atoms with E-state index in [1.165, 1.54) is 0 Å². The van der Waals surface area contributed by atoms with Crippen LogP contribution in [0.4, 0.5) is 0 Å². The first-order valence-electron chi connectivity index (χ1n) is 10.2. The minimum atomic E-state index is -0.652. The summed E-state index contributed by atoms with van der Waals surface area (Å²) >= 11 is 0. The highest BCUT2D eigenvalue weighted by molar-refractivity contribution is 6.16. The summed E-state index contributed by atoms with van der Waals surface area (Å²) in [5, 5.41) is 0. The molecule has 5 nitrogen and oxygen atoms in total. The molecule has 1 aromatic rings. The molecule has 3 rings (SSSR count). The molecule has 0 atom stereocenters. The number of aliphatic imine (C=N–C) groups is 1. The Balaban J connectivity index is 1.43. The van der Waals surface area contributed by atoms with Gasteiger partial charge in [0.25, 0.3) is 0 Å². The van der Waals surface area contributed by atoms with E-state index in [9.17, 15) is 14.4 Å². The number of amides is 1. The molecule has 0 N–H and O–H groups in total. The lowest BCUT2D eigenvalue weighted by molar-refractivity contribution is -0.136. The van der Waals surface area contributed by atoms with E-state index < -0.39 is 5.92 Å². The van der Waals surface area contributed by atoms with Crippen molar-refractivity contribution in [2.45, 2.75) is 46.0 Å². The van der Waals surface area contributed by atoms with Crippen LogP contribution in [-0.2, 0) is 20.8 Å². The molecule has 0 spiro atoms. The van der Waals surface area contributed by atoms with Gasteiger partial charge < -0.3 is 4.90 Å². The molecule has 0 aromatic heterocycles. The van der Waals surface area contributed by atoms with Gasteiger partial charge in [-0.1, -0.05) is 44.2 Å². The van der Waals surface area contributed by atoms with Gasteiger partial charge in [0.2, 0.25) is 5.91 Å². The van der Waals surface area contributed by atoms with Gasteiger partial charge in [0.05, 0.1) is 6.42 Å². The molecular formula is C23H30N2O3. The smallest absolute Gasteiger partial charge is 0.226 e. The van der Waals surface area contributed by atoms with Gasteiger partial charge in [0.15, 0.2) is 0 Å². The van der Waals surface area contributed by atoms with Crippen LogP contribution in [0.5, 0.6) is 0 Å². The van der Waals surface area contributed by atoms with Crippen LogP contribution >= 0.6 is 0 Å². The lowest BCUT2D eigenvalue weighted by atomic mass is 9.72. The average Bonchev–Trinajstić information content (AvgIpc) is 2.64. The maximum Gasteiger partial charge on any atom is 0.226 e. The second-order valence-corrected chi connectivity index (χ2v) is 8.93. The third kappa shape index (κ3) is 5.37.